The standard InChI is InChI=1S/C12H19NOS/c1-2-15-9-12(14)11(13)8-10-6-4-3-5-7-10/h3-7,11-12,14H,2,8-9,13H2,1H3. The van der Waals surface area contributed by atoms with Crippen LogP contribution in [0.15, 0.2) is 30.3 Å². The Morgan fingerprint density at radius 1 is 1.33 bits per heavy atom. The van der Waals surface area contributed by atoms with Crippen molar-refractivity contribution in [1.29, 1.82) is 0 Å². The van der Waals surface area contributed by atoms with Gasteiger partial charge in [0.25, 0.3) is 0 Å². The lowest BCUT2D eigenvalue weighted by Crippen LogP contribution is -2.38. The first kappa shape index (κ1) is 12.6. The highest BCUT2D eigenvalue weighted by molar-refractivity contribution is 7.99. The van der Waals surface area contributed by atoms with E-state index in [2.05, 4.69) is 6.92 Å². The van der Waals surface area contributed by atoms with Gasteiger partial charge in [-0.1, -0.05) is 37.3 Å². The number of nitrogens with two attached hydrogens (primary N) is 1. The topological polar surface area (TPSA) is 46.2 Å². The highest BCUT2D eigenvalue weighted by Crippen LogP contribution is 2.08. The molecule has 2 unspecified atom stereocenters. The van der Waals surface area contributed by atoms with E-state index in [1.54, 1.807) is 11.8 Å². The monoisotopic (exact) mass is 225 g/mol. The molecule has 1 aromatic rings. The van der Waals surface area contributed by atoms with Gasteiger partial charge >= 0.3 is 0 Å². The average Bonchev–Trinajstić information content (AvgIpc) is 2.27. The number of thioether (sulfide) groups is 1. The molecule has 0 radical (unpaired) electrons. The Labute approximate surface area is 95.9 Å². The third kappa shape index (κ3) is 4.69. The van der Waals surface area contributed by atoms with Crippen molar-refractivity contribution in [3.63, 3.8) is 0 Å². The summed E-state index contributed by atoms with van der Waals surface area (Å²) in [4.78, 5) is 0. The molecular formula is C12H19NOS. The first-order valence-corrected chi connectivity index (χ1v) is 6.44. The maximum absolute atomic E-state index is 9.76. The molecule has 0 fully saturated rings. The largest absolute Gasteiger partial charge is 0.391 e. The predicted octanol–water partition coefficient (Wildman–Crippen LogP) is 1.67. The van der Waals surface area contributed by atoms with Crippen LogP contribution in [0, 0.1) is 0 Å². The molecule has 2 nitrogen and oxygen atoms in total. The van der Waals surface area contributed by atoms with E-state index in [9.17, 15) is 5.11 Å². The maximum Gasteiger partial charge on any atom is 0.0784 e. The molecule has 0 aliphatic rings. The van der Waals surface area contributed by atoms with Crippen LogP contribution in [0.5, 0.6) is 0 Å². The van der Waals surface area contributed by atoms with Gasteiger partial charge in [-0.3, -0.25) is 0 Å². The summed E-state index contributed by atoms with van der Waals surface area (Å²) in [6.07, 6.45) is 0.335. The van der Waals surface area contributed by atoms with E-state index in [0.29, 0.717) is 0 Å². The second kappa shape index (κ2) is 6.88. The van der Waals surface area contributed by atoms with E-state index in [1.165, 1.54) is 5.56 Å². The zero-order valence-electron chi connectivity index (χ0n) is 9.10. The minimum absolute atomic E-state index is 0.161. The molecule has 3 N–H and O–H groups in total. The van der Waals surface area contributed by atoms with Crippen LogP contribution in [-0.2, 0) is 6.42 Å². The Morgan fingerprint density at radius 3 is 2.60 bits per heavy atom. The van der Waals surface area contributed by atoms with Gasteiger partial charge in [0.05, 0.1) is 6.10 Å². The number of aliphatic hydroxyl groups excluding tert-OH is 1. The summed E-state index contributed by atoms with van der Waals surface area (Å²) in [7, 11) is 0. The Morgan fingerprint density at radius 2 is 2.00 bits per heavy atom. The van der Waals surface area contributed by atoms with Gasteiger partial charge in [0.15, 0.2) is 0 Å². The highest BCUT2D eigenvalue weighted by atomic mass is 32.2. The van der Waals surface area contributed by atoms with Crippen LogP contribution in [0.1, 0.15) is 12.5 Å². The Bertz CT molecular complexity index is 266. The predicted molar refractivity (Wildman–Crippen MR) is 67.1 cm³/mol. The maximum atomic E-state index is 9.76. The molecule has 0 aromatic heterocycles. The van der Waals surface area contributed by atoms with Crippen molar-refractivity contribution in [1.82, 2.24) is 0 Å². The Balaban J connectivity index is 2.38. The van der Waals surface area contributed by atoms with Crippen LogP contribution >= 0.6 is 11.8 Å². The molecule has 0 spiro atoms. The third-order valence-corrected chi connectivity index (χ3v) is 3.29. The zero-order chi connectivity index (χ0) is 11.1. The molecule has 0 saturated carbocycles. The molecule has 0 amide bonds. The molecule has 1 rings (SSSR count). The van der Waals surface area contributed by atoms with Crippen molar-refractivity contribution in [2.24, 2.45) is 5.73 Å². The van der Waals surface area contributed by atoms with Crippen molar-refractivity contribution in [3.8, 4) is 0 Å². The molecule has 0 aliphatic heterocycles. The van der Waals surface area contributed by atoms with Crippen molar-refractivity contribution in [2.75, 3.05) is 11.5 Å². The van der Waals surface area contributed by atoms with Crippen molar-refractivity contribution < 1.29 is 5.11 Å². The summed E-state index contributed by atoms with van der Waals surface area (Å²) in [6, 6.07) is 9.90. The van der Waals surface area contributed by atoms with E-state index in [4.69, 9.17) is 5.73 Å². The Hall–Kier alpha value is -0.510. The van der Waals surface area contributed by atoms with Crippen molar-refractivity contribution in [2.45, 2.75) is 25.5 Å². The number of rotatable bonds is 6. The molecule has 0 bridgehead atoms. The van der Waals surface area contributed by atoms with Crippen LogP contribution in [0.25, 0.3) is 0 Å². The minimum atomic E-state index is -0.407. The van der Waals surface area contributed by atoms with Gasteiger partial charge in [-0.05, 0) is 17.7 Å². The number of hydrogen-bond donors (Lipinski definition) is 2. The molecule has 0 saturated heterocycles. The second-order valence-corrected chi connectivity index (χ2v) is 4.90. The van der Waals surface area contributed by atoms with Gasteiger partial charge in [-0.2, -0.15) is 11.8 Å². The number of hydrogen-bond acceptors (Lipinski definition) is 3. The fourth-order valence-electron chi connectivity index (χ4n) is 1.38. The molecular weight excluding hydrogens is 206 g/mol. The zero-order valence-corrected chi connectivity index (χ0v) is 9.91. The van der Waals surface area contributed by atoms with Gasteiger partial charge in [0.2, 0.25) is 0 Å². The summed E-state index contributed by atoms with van der Waals surface area (Å²) in [5.41, 5.74) is 7.11. The van der Waals surface area contributed by atoms with Crippen LogP contribution in [-0.4, -0.2) is 28.8 Å². The van der Waals surface area contributed by atoms with Crippen LogP contribution in [0.2, 0.25) is 0 Å². The fraction of sp³-hybridized carbons (Fsp3) is 0.500. The van der Waals surface area contributed by atoms with Crippen molar-refractivity contribution >= 4 is 11.8 Å². The molecule has 0 heterocycles. The summed E-state index contributed by atoms with van der Waals surface area (Å²) in [6.45, 7) is 2.08. The molecule has 1 aromatic carbocycles. The first-order chi connectivity index (χ1) is 7.24. The molecule has 84 valence electrons. The normalized spacial score (nSPS) is 14.9. The fourth-order valence-corrected chi connectivity index (χ4v) is 2.11. The van der Waals surface area contributed by atoms with E-state index in [1.807, 2.05) is 30.3 Å². The van der Waals surface area contributed by atoms with Gasteiger partial charge in [0.1, 0.15) is 0 Å². The average molecular weight is 225 g/mol. The smallest absolute Gasteiger partial charge is 0.0784 e. The quantitative estimate of drug-likeness (QED) is 0.774. The van der Waals surface area contributed by atoms with Gasteiger partial charge in [-0.15, -0.1) is 0 Å². The lowest BCUT2D eigenvalue weighted by Gasteiger charge is -2.18. The molecule has 2 atom stereocenters. The summed E-state index contributed by atoms with van der Waals surface area (Å²) in [5.74, 6) is 1.75. The SMILES string of the molecule is CCSCC(O)C(N)Cc1ccccc1. The summed E-state index contributed by atoms with van der Waals surface area (Å²) >= 11 is 1.73. The van der Waals surface area contributed by atoms with E-state index < -0.39 is 6.10 Å². The van der Waals surface area contributed by atoms with E-state index in [-0.39, 0.29) is 6.04 Å². The van der Waals surface area contributed by atoms with Crippen LogP contribution in [0.3, 0.4) is 0 Å². The number of aliphatic hydroxyl groups is 1. The Kier molecular flexibility index (Phi) is 5.76. The molecule has 15 heavy (non-hydrogen) atoms. The lowest BCUT2D eigenvalue weighted by atomic mass is 10.0. The molecule has 3 heteroatoms. The number of benzene rings is 1. The van der Waals surface area contributed by atoms with Gasteiger partial charge < -0.3 is 10.8 Å². The second-order valence-electron chi connectivity index (χ2n) is 3.58. The highest BCUT2D eigenvalue weighted by Gasteiger charge is 2.14. The first-order valence-electron chi connectivity index (χ1n) is 5.29. The van der Waals surface area contributed by atoms with Gasteiger partial charge in [0, 0.05) is 11.8 Å². The third-order valence-electron chi connectivity index (χ3n) is 2.30. The molecule has 0 aliphatic carbocycles. The van der Waals surface area contributed by atoms with Crippen LogP contribution in [0.4, 0.5) is 0 Å². The summed E-state index contributed by atoms with van der Waals surface area (Å²) in [5, 5.41) is 9.76. The summed E-state index contributed by atoms with van der Waals surface area (Å²) < 4.78 is 0. The van der Waals surface area contributed by atoms with Crippen LogP contribution < -0.4 is 5.73 Å². The van der Waals surface area contributed by atoms with Gasteiger partial charge in [-0.25, -0.2) is 0 Å². The lowest BCUT2D eigenvalue weighted by molar-refractivity contribution is 0.168. The minimum Gasteiger partial charge on any atom is -0.391 e. The van der Waals surface area contributed by atoms with E-state index >= 15 is 0 Å². The van der Waals surface area contributed by atoms with E-state index in [0.717, 1.165) is 17.9 Å². The van der Waals surface area contributed by atoms with Crippen molar-refractivity contribution in [3.05, 3.63) is 35.9 Å².